The zero-order valence-corrected chi connectivity index (χ0v) is 11.2. The first-order valence-electron chi connectivity index (χ1n) is 5.99. The first-order chi connectivity index (χ1) is 8.17. The van der Waals surface area contributed by atoms with Gasteiger partial charge >= 0.3 is 0 Å². The predicted molar refractivity (Wildman–Crippen MR) is 67.7 cm³/mol. The van der Waals surface area contributed by atoms with Gasteiger partial charge in [0.05, 0.1) is 28.3 Å². The molecule has 0 bridgehead atoms. The Morgan fingerprint density at radius 3 is 2.53 bits per heavy atom. The Bertz CT molecular complexity index is 340. The van der Waals surface area contributed by atoms with E-state index in [2.05, 4.69) is 25.5 Å². The zero-order valence-electron chi connectivity index (χ0n) is 11.2. The van der Waals surface area contributed by atoms with Crippen molar-refractivity contribution in [3.05, 3.63) is 23.8 Å². The molecule has 0 saturated carbocycles. The molecule has 1 aromatic carbocycles. The third-order valence-corrected chi connectivity index (χ3v) is 2.71. The molecule has 0 spiro atoms. The molecule has 0 aliphatic rings. The molecule has 3 N–H and O–H groups in total. The molecule has 0 aliphatic heterocycles. The van der Waals surface area contributed by atoms with Crippen LogP contribution in [-0.2, 0) is 6.54 Å². The van der Waals surface area contributed by atoms with Gasteiger partial charge < -0.3 is 19.7 Å². The van der Waals surface area contributed by atoms with Crippen molar-refractivity contribution in [3.63, 3.8) is 0 Å². The van der Waals surface area contributed by atoms with Gasteiger partial charge in [-0.25, -0.2) is 0 Å². The highest BCUT2D eigenvalue weighted by Gasteiger charge is 2.06. The molecule has 0 saturated heterocycles. The lowest BCUT2D eigenvalue weighted by atomic mass is 10.2. The van der Waals surface area contributed by atoms with Gasteiger partial charge in [0.1, 0.15) is 31.1 Å². The van der Waals surface area contributed by atoms with Crippen LogP contribution in [0, 0.1) is 0 Å². The summed E-state index contributed by atoms with van der Waals surface area (Å²) in [7, 11) is 7.70. The Hall–Kier alpha value is -1.26. The summed E-state index contributed by atoms with van der Waals surface area (Å²) in [6.45, 7) is 3.23. The van der Waals surface area contributed by atoms with Gasteiger partial charge in [-0.1, -0.05) is 0 Å². The van der Waals surface area contributed by atoms with Gasteiger partial charge in [0, 0.05) is 11.6 Å². The summed E-state index contributed by atoms with van der Waals surface area (Å²) in [5, 5.41) is 2.30. The van der Waals surface area contributed by atoms with Crippen LogP contribution >= 0.6 is 0 Å². The minimum Gasteiger partial charge on any atom is -0.497 e. The smallest absolute Gasteiger partial charge is 0.131 e. The number of benzene rings is 1. The fourth-order valence-electron chi connectivity index (χ4n) is 1.67. The van der Waals surface area contributed by atoms with Crippen LogP contribution < -0.4 is 19.7 Å². The van der Waals surface area contributed by atoms with E-state index < -0.39 is 0 Å². The van der Waals surface area contributed by atoms with Crippen LogP contribution in [0.25, 0.3) is 0 Å². The first-order valence-corrected chi connectivity index (χ1v) is 5.99. The van der Waals surface area contributed by atoms with Crippen molar-refractivity contribution in [2.75, 3.05) is 41.4 Å². The minimum absolute atomic E-state index is 0.836. The average Bonchev–Trinajstić information content (AvgIpc) is 2.34. The average molecular weight is 240 g/mol. The van der Waals surface area contributed by atoms with Crippen molar-refractivity contribution >= 4 is 0 Å². The van der Waals surface area contributed by atoms with E-state index in [1.807, 2.05) is 12.1 Å². The molecular weight excluding hydrogens is 216 g/mol. The van der Waals surface area contributed by atoms with E-state index in [0.29, 0.717) is 0 Å². The van der Waals surface area contributed by atoms with Crippen molar-refractivity contribution in [2.24, 2.45) is 0 Å². The van der Waals surface area contributed by atoms with Crippen molar-refractivity contribution < 1.29 is 19.7 Å². The summed E-state index contributed by atoms with van der Waals surface area (Å²) >= 11 is 0. The number of hydrogen-bond acceptors (Lipinski definition) is 2. The Balaban J connectivity index is 2.52. The fourth-order valence-corrected chi connectivity index (χ4v) is 1.67. The molecule has 1 rings (SSSR count). The lowest BCUT2D eigenvalue weighted by molar-refractivity contribution is -0.875. The molecule has 0 fully saturated rings. The van der Waals surface area contributed by atoms with Crippen molar-refractivity contribution in [2.45, 2.75) is 6.54 Å². The molecule has 96 valence electrons. The van der Waals surface area contributed by atoms with E-state index in [4.69, 9.17) is 9.47 Å². The second kappa shape index (κ2) is 7.14. The highest BCUT2D eigenvalue weighted by molar-refractivity contribution is 5.40. The Morgan fingerprint density at radius 2 is 1.94 bits per heavy atom. The van der Waals surface area contributed by atoms with Crippen LogP contribution in [0.15, 0.2) is 18.2 Å². The van der Waals surface area contributed by atoms with E-state index in [-0.39, 0.29) is 0 Å². The molecule has 0 aromatic heterocycles. The predicted octanol–water partition coefficient (Wildman–Crippen LogP) is -1.09. The van der Waals surface area contributed by atoms with Crippen molar-refractivity contribution in [1.82, 2.24) is 0 Å². The van der Waals surface area contributed by atoms with Crippen LogP contribution in [-0.4, -0.2) is 41.4 Å². The molecule has 1 aromatic rings. The molecular formula is C13H24N2O2+2. The van der Waals surface area contributed by atoms with Gasteiger partial charge in [-0.2, -0.15) is 0 Å². The zero-order chi connectivity index (χ0) is 12.7. The van der Waals surface area contributed by atoms with Crippen LogP contribution in [0.3, 0.4) is 0 Å². The van der Waals surface area contributed by atoms with E-state index >= 15 is 0 Å². The number of hydrogen-bond donors (Lipinski definition) is 2. The molecule has 0 atom stereocenters. The maximum atomic E-state index is 5.36. The van der Waals surface area contributed by atoms with E-state index in [1.54, 1.807) is 14.2 Å². The molecule has 4 nitrogen and oxygen atoms in total. The van der Waals surface area contributed by atoms with E-state index in [0.717, 1.165) is 24.6 Å². The fraction of sp³-hybridized carbons (Fsp3) is 0.538. The first kappa shape index (κ1) is 13.8. The summed E-state index contributed by atoms with van der Waals surface area (Å²) in [5.41, 5.74) is 1.21. The highest BCUT2D eigenvalue weighted by Crippen LogP contribution is 2.23. The normalized spacial score (nSPS) is 10.6. The standard InChI is InChI=1S/C13H22N2O2/c1-15(2)8-7-14-10-11-5-6-12(16-3)9-13(11)17-4/h5-6,9,14H,7-8,10H2,1-4H3/p+2. The topological polar surface area (TPSA) is 39.5 Å². The lowest BCUT2D eigenvalue weighted by Gasteiger charge is -2.10. The third-order valence-electron chi connectivity index (χ3n) is 2.71. The van der Waals surface area contributed by atoms with Gasteiger partial charge in [0.15, 0.2) is 0 Å². The number of nitrogens with one attached hydrogen (secondary N) is 1. The van der Waals surface area contributed by atoms with Gasteiger partial charge in [-0.3, -0.25) is 0 Å². The molecule has 0 heterocycles. The quantitative estimate of drug-likeness (QED) is 0.595. The lowest BCUT2D eigenvalue weighted by Crippen LogP contribution is -3.09. The van der Waals surface area contributed by atoms with Gasteiger partial charge in [-0.05, 0) is 12.1 Å². The van der Waals surface area contributed by atoms with E-state index in [9.17, 15) is 0 Å². The summed E-state index contributed by atoms with van der Waals surface area (Å²) < 4.78 is 10.5. The molecule has 4 heteroatoms. The summed E-state index contributed by atoms with van der Waals surface area (Å²) in [4.78, 5) is 1.47. The molecule has 0 radical (unpaired) electrons. The Labute approximate surface area is 104 Å². The molecule has 17 heavy (non-hydrogen) atoms. The van der Waals surface area contributed by atoms with Crippen molar-refractivity contribution in [3.8, 4) is 11.5 Å². The van der Waals surface area contributed by atoms with Gasteiger partial charge in [0.2, 0.25) is 0 Å². The van der Waals surface area contributed by atoms with Crippen LogP contribution in [0.5, 0.6) is 11.5 Å². The monoisotopic (exact) mass is 240 g/mol. The van der Waals surface area contributed by atoms with Crippen LogP contribution in [0.4, 0.5) is 0 Å². The highest BCUT2D eigenvalue weighted by atomic mass is 16.5. The second-order valence-corrected chi connectivity index (χ2v) is 4.42. The number of likely N-dealkylation sites (N-methyl/N-ethyl adjacent to an activating group) is 1. The third kappa shape index (κ3) is 4.63. The van der Waals surface area contributed by atoms with Gasteiger partial charge in [0.25, 0.3) is 0 Å². The second-order valence-electron chi connectivity index (χ2n) is 4.42. The maximum Gasteiger partial charge on any atom is 0.131 e. The number of ether oxygens (including phenoxy) is 2. The number of methoxy groups -OCH3 is 2. The Morgan fingerprint density at radius 1 is 1.18 bits per heavy atom. The Kier molecular flexibility index (Phi) is 5.80. The van der Waals surface area contributed by atoms with Gasteiger partial charge in [-0.15, -0.1) is 0 Å². The van der Waals surface area contributed by atoms with Crippen molar-refractivity contribution in [1.29, 1.82) is 0 Å². The molecule has 0 unspecified atom stereocenters. The largest absolute Gasteiger partial charge is 0.497 e. The molecule has 0 aliphatic carbocycles. The van der Waals surface area contributed by atoms with E-state index in [1.165, 1.54) is 17.0 Å². The molecule has 0 amide bonds. The minimum atomic E-state index is 0.836. The summed E-state index contributed by atoms with van der Waals surface area (Å²) in [5.74, 6) is 1.74. The summed E-state index contributed by atoms with van der Waals surface area (Å²) in [6, 6.07) is 5.97. The number of nitrogens with two attached hydrogens (primary N) is 1. The SMILES string of the molecule is COc1ccc(C[NH2+]CC[NH+](C)C)c(OC)c1. The number of rotatable bonds is 7. The maximum absolute atomic E-state index is 5.36. The summed E-state index contributed by atoms with van der Waals surface area (Å²) in [6.07, 6.45) is 0. The van der Waals surface area contributed by atoms with Crippen LogP contribution in [0.2, 0.25) is 0 Å². The number of quaternary nitrogens is 2. The van der Waals surface area contributed by atoms with Crippen LogP contribution in [0.1, 0.15) is 5.56 Å².